The van der Waals surface area contributed by atoms with Gasteiger partial charge in [-0.15, -0.1) is 0 Å². The van der Waals surface area contributed by atoms with E-state index < -0.39 is 18.1 Å². The van der Waals surface area contributed by atoms with Crippen molar-refractivity contribution in [2.45, 2.75) is 18.6 Å². The number of alkyl halides is 3. The SMILES string of the molecule is O=C(NC(c1cccnc1)C(F)(F)F)c1nc(Cc2cccnc2)n2ccccc12. The van der Waals surface area contributed by atoms with Gasteiger partial charge in [-0.2, -0.15) is 13.2 Å². The van der Waals surface area contributed by atoms with Crippen molar-refractivity contribution in [1.82, 2.24) is 24.7 Å². The van der Waals surface area contributed by atoms with Gasteiger partial charge >= 0.3 is 6.18 Å². The highest BCUT2D eigenvalue weighted by Gasteiger charge is 2.42. The molecule has 0 aliphatic rings. The number of carbonyl (C=O) groups excluding carboxylic acids is 1. The molecule has 1 atom stereocenters. The monoisotopic (exact) mass is 411 g/mol. The van der Waals surface area contributed by atoms with E-state index in [9.17, 15) is 18.0 Å². The molecule has 0 saturated heterocycles. The number of nitrogens with one attached hydrogen (secondary N) is 1. The third-order valence-corrected chi connectivity index (χ3v) is 4.54. The third-order valence-electron chi connectivity index (χ3n) is 4.54. The average molecular weight is 411 g/mol. The number of aromatic nitrogens is 4. The zero-order valence-corrected chi connectivity index (χ0v) is 15.5. The van der Waals surface area contributed by atoms with Crippen LogP contribution in [0.25, 0.3) is 5.52 Å². The Hall–Kier alpha value is -3.75. The van der Waals surface area contributed by atoms with Crippen molar-refractivity contribution in [1.29, 1.82) is 0 Å². The predicted octanol–water partition coefficient (Wildman–Crippen LogP) is 3.75. The lowest BCUT2D eigenvalue weighted by atomic mass is 10.1. The van der Waals surface area contributed by atoms with Crippen molar-refractivity contribution in [2.24, 2.45) is 0 Å². The van der Waals surface area contributed by atoms with Gasteiger partial charge in [-0.25, -0.2) is 4.98 Å². The summed E-state index contributed by atoms with van der Waals surface area (Å²) in [5, 5.41) is 2.07. The van der Waals surface area contributed by atoms with E-state index >= 15 is 0 Å². The van der Waals surface area contributed by atoms with Gasteiger partial charge in [0, 0.05) is 43.0 Å². The molecule has 1 unspecified atom stereocenters. The van der Waals surface area contributed by atoms with Crippen LogP contribution in [-0.4, -0.2) is 31.4 Å². The number of amides is 1. The van der Waals surface area contributed by atoms with Crippen molar-refractivity contribution in [3.8, 4) is 0 Å². The maximum atomic E-state index is 13.6. The zero-order valence-electron chi connectivity index (χ0n) is 15.5. The van der Waals surface area contributed by atoms with Crippen LogP contribution in [0.5, 0.6) is 0 Å². The number of halogens is 3. The van der Waals surface area contributed by atoms with Gasteiger partial charge < -0.3 is 9.72 Å². The number of hydrogen-bond donors (Lipinski definition) is 1. The van der Waals surface area contributed by atoms with E-state index in [4.69, 9.17) is 0 Å². The van der Waals surface area contributed by atoms with Crippen LogP contribution < -0.4 is 5.32 Å². The highest BCUT2D eigenvalue weighted by atomic mass is 19.4. The summed E-state index contributed by atoms with van der Waals surface area (Å²) in [5.74, 6) is -0.393. The Bertz CT molecular complexity index is 1160. The van der Waals surface area contributed by atoms with Gasteiger partial charge in [0.1, 0.15) is 5.82 Å². The van der Waals surface area contributed by atoms with Crippen molar-refractivity contribution >= 4 is 11.4 Å². The average Bonchev–Trinajstić information content (AvgIpc) is 3.11. The van der Waals surface area contributed by atoms with E-state index in [1.165, 1.54) is 18.3 Å². The number of fused-ring (bicyclic) bond motifs is 1. The van der Waals surface area contributed by atoms with Gasteiger partial charge in [0.05, 0.1) is 5.52 Å². The highest BCUT2D eigenvalue weighted by Crippen LogP contribution is 2.32. The lowest BCUT2D eigenvalue weighted by molar-refractivity contribution is -0.155. The summed E-state index contributed by atoms with van der Waals surface area (Å²) in [6.07, 6.45) is 3.16. The normalized spacial score (nSPS) is 12.6. The Morgan fingerprint density at radius 1 is 1.03 bits per heavy atom. The first-order valence-corrected chi connectivity index (χ1v) is 9.06. The second-order valence-corrected chi connectivity index (χ2v) is 6.61. The van der Waals surface area contributed by atoms with Gasteiger partial charge in [0.15, 0.2) is 11.7 Å². The van der Waals surface area contributed by atoms with E-state index in [1.54, 1.807) is 47.3 Å². The van der Waals surface area contributed by atoms with Crippen molar-refractivity contribution < 1.29 is 18.0 Å². The van der Waals surface area contributed by atoms with E-state index in [-0.39, 0.29) is 11.3 Å². The van der Waals surface area contributed by atoms with Crippen LogP contribution in [0, 0.1) is 0 Å². The van der Waals surface area contributed by atoms with Gasteiger partial charge in [-0.3, -0.25) is 14.8 Å². The maximum Gasteiger partial charge on any atom is 0.412 e. The molecule has 0 aliphatic heterocycles. The molecule has 0 aliphatic carbocycles. The minimum Gasteiger partial charge on any atom is -0.335 e. The molecule has 4 aromatic rings. The zero-order chi connectivity index (χ0) is 21.1. The first-order chi connectivity index (χ1) is 14.4. The summed E-state index contributed by atoms with van der Waals surface area (Å²) in [4.78, 5) is 25.0. The van der Waals surface area contributed by atoms with Crippen LogP contribution in [0.2, 0.25) is 0 Å². The van der Waals surface area contributed by atoms with Gasteiger partial charge in [-0.1, -0.05) is 18.2 Å². The fourth-order valence-electron chi connectivity index (χ4n) is 3.18. The summed E-state index contributed by atoms with van der Waals surface area (Å²) >= 11 is 0. The second kappa shape index (κ2) is 7.94. The van der Waals surface area contributed by atoms with E-state index in [1.807, 2.05) is 6.07 Å². The number of imidazole rings is 1. The van der Waals surface area contributed by atoms with E-state index in [0.29, 0.717) is 17.8 Å². The van der Waals surface area contributed by atoms with Crippen LogP contribution in [0.1, 0.15) is 33.5 Å². The maximum absolute atomic E-state index is 13.6. The summed E-state index contributed by atoms with van der Waals surface area (Å²) in [5.41, 5.74) is 1.05. The molecule has 6 nitrogen and oxygen atoms in total. The number of carbonyl (C=O) groups is 1. The van der Waals surface area contributed by atoms with Crippen molar-refractivity contribution in [3.63, 3.8) is 0 Å². The summed E-state index contributed by atoms with van der Waals surface area (Å²) in [6.45, 7) is 0. The quantitative estimate of drug-likeness (QED) is 0.543. The third kappa shape index (κ3) is 4.00. The van der Waals surface area contributed by atoms with E-state index in [0.717, 1.165) is 11.8 Å². The minimum absolute atomic E-state index is 0.0763. The Morgan fingerprint density at radius 3 is 2.47 bits per heavy atom. The molecule has 0 bridgehead atoms. The number of rotatable bonds is 5. The number of nitrogens with zero attached hydrogens (tertiary/aromatic N) is 4. The molecule has 0 radical (unpaired) electrons. The smallest absolute Gasteiger partial charge is 0.335 e. The molecule has 0 fully saturated rings. The number of pyridine rings is 3. The summed E-state index contributed by atoms with van der Waals surface area (Å²) in [7, 11) is 0. The molecule has 4 heterocycles. The molecular weight excluding hydrogens is 395 g/mol. The first-order valence-electron chi connectivity index (χ1n) is 9.06. The Balaban J connectivity index is 1.69. The Labute approximate surface area is 169 Å². The van der Waals surface area contributed by atoms with Gasteiger partial charge in [0.25, 0.3) is 5.91 Å². The van der Waals surface area contributed by atoms with Crippen LogP contribution >= 0.6 is 0 Å². The molecule has 30 heavy (non-hydrogen) atoms. The predicted molar refractivity (Wildman–Crippen MR) is 103 cm³/mol. The molecule has 1 amide bonds. The Kier molecular flexibility index (Phi) is 5.18. The van der Waals surface area contributed by atoms with Crippen LogP contribution in [0.15, 0.2) is 73.4 Å². The highest BCUT2D eigenvalue weighted by molar-refractivity contribution is 5.99. The fraction of sp³-hybridized carbons (Fsp3) is 0.143. The number of hydrogen-bond acceptors (Lipinski definition) is 4. The topological polar surface area (TPSA) is 72.2 Å². The standard InChI is InChI=1S/C21H16F3N5O/c22-21(23,24)19(15-6-4-9-26-13-15)28-20(30)18-16-7-1-2-10-29(16)17(27-18)11-14-5-3-8-25-12-14/h1-10,12-13,19H,11H2,(H,28,30). The molecule has 4 rings (SSSR count). The summed E-state index contributed by atoms with van der Waals surface area (Å²) < 4.78 is 42.5. The molecule has 0 saturated carbocycles. The second-order valence-electron chi connectivity index (χ2n) is 6.61. The van der Waals surface area contributed by atoms with Crippen molar-refractivity contribution in [2.75, 3.05) is 0 Å². The minimum atomic E-state index is -4.69. The molecule has 4 aromatic heterocycles. The fourth-order valence-corrected chi connectivity index (χ4v) is 3.18. The van der Waals surface area contributed by atoms with Crippen LogP contribution in [-0.2, 0) is 6.42 Å². The molecule has 152 valence electrons. The van der Waals surface area contributed by atoms with E-state index in [2.05, 4.69) is 20.3 Å². The largest absolute Gasteiger partial charge is 0.412 e. The molecule has 0 aromatic carbocycles. The lowest BCUT2D eigenvalue weighted by Crippen LogP contribution is -2.38. The van der Waals surface area contributed by atoms with Crippen LogP contribution in [0.3, 0.4) is 0 Å². The molecular formula is C21H16F3N5O. The van der Waals surface area contributed by atoms with Crippen molar-refractivity contribution in [3.05, 3.63) is 96.1 Å². The van der Waals surface area contributed by atoms with Crippen LogP contribution in [0.4, 0.5) is 13.2 Å². The summed E-state index contributed by atoms with van der Waals surface area (Å²) in [6, 6.07) is 9.20. The lowest BCUT2D eigenvalue weighted by Gasteiger charge is -2.21. The first kappa shape index (κ1) is 19.6. The molecule has 0 spiro atoms. The van der Waals surface area contributed by atoms with Gasteiger partial charge in [-0.05, 0) is 29.8 Å². The molecule has 9 heteroatoms. The Morgan fingerprint density at radius 2 is 1.80 bits per heavy atom. The molecule has 1 N–H and O–H groups in total. The van der Waals surface area contributed by atoms with Gasteiger partial charge in [0.2, 0.25) is 0 Å².